The minimum absolute atomic E-state index is 0.0745. The number of carbonyl (C=O) groups is 1. The van der Waals surface area contributed by atoms with E-state index in [-0.39, 0.29) is 5.91 Å². The van der Waals surface area contributed by atoms with Crippen LogP contribution in [0, 0.1) is 6.92 Å². The maximum atomic E-state index is 12.9. The topological polar surface area (TPSA) is 58.2 Å². The minimum Gasteiger partial charge on any atom is -0.364 e. The number of nitrogens with one attached hydrogen (secondary N) is 1. The summed E-state index contributed by atoms with van der Waals surface area (Å²) in [4.78, 5) is 14.9. The van der Waals surface area contributed by atoms with Gasteiger partial charge in [-0.15, -0.1) is 0 Å². The van der Waals surface area contributed by atoms with Gasteiger partial charge < -0.3 is 9.64 Å². The van der Waals surface area contributed by atoms with Gasteiger partial charge in [-0.2, -0.15) is 5.10 Å². The predicted molar refractivity (Wildman–Crippen MR) is 92.7 cm³/mol. The fourth-order valence-electron chi connectivity index (χ4n) is 3.45. The molecule has 128 valence electrons. The number of amides is 1. The van der Waals surface area contributed by atoms with Gasteiger partial charge in [0.15, 0.2) is 6.10 Å². The zero-order chi connectivity index (χ0) is 16.9. The summed E-state index contributed by atoms with van der Waals surface area (Å²) in [6, 6.07) is 9.76. The smallest absolute Gasteiger partial charge is 0.256 e. The third kappa shape index (κ3) is 3.51. The van der Waals surface area contributed by atoms with Gasteiger partial charge in [0, 0.05) is 25.4 Å². The molecule has 0 saturated carbocycles. The lowest BCUT2D eigenvalue weighted by atomic mass is 9.89. The number of aromatic amines is 1. The Labute approximate surface area is 143 Å². The SMILES string of the molecule is CCOC(C(=O)N1CCC(c2cn[nH]c2C)CC1)c1ccccc1. The van der Waals surface area contributed by atoms with Crippen LogP contribution in [0.3, 0.4) is 0 Å². The minimum atomic E-state index is -0.497. The third-order valence-corrected chi connectivity index (χ3v) is 4.78. The first-order valence-electron chi connectivity index (χ1n) is 8.66. The first kappa shape index (κ1) is 16.7. The van der Waals surface area contributed by atoms with Crippen molar-refractivity contribution in [2.45, 2.75) is 38.7 Å². The number of benzene rings is 1. The van der Waals surface area contributed by atoms with E-state index in [1.165, 1.54) is 5.56 Å². The van der Waals surface area contributed by atoms with Crippen LogP contribution < -0.4 is 0 Å². The Morgan fingerprint density at radius 1 is 1.33 bits per heavy atom. The molecule has 0 spiro atoms. The van der Waals surface area contributed by atoms with Crippen LogP contribution in [0.4, 0.5) is 0 Å². The molecule has 1 atom stereocenters. The van der Waals surface area contributed by atoms with Crippen molar-refractivity contribution in [3.05, 3.63) is 53.3 Å². The molecule has 1 aromatic carbocycles. The van der Waals surface area contributed by atoms with E-state index < -0.39 is 6.10 Å². The number of hydrogen-bond donors (Lipinski definition) is 1. The lowest BCUT2D eigenvalue weighted by Crippen LogP contribution is -2.41. The molecule has 24 heavy (non-hydrogen) atoms. The molecule has 1 unspecified atom stereocenters. The molecule has 1 saturated heterocycles. The molecule has 3 rings (SSSR count). The van der Waals surface area contributed by atoms with Crippen LogP contribution in [0.25, 0.3) is 0 Å². The molecule has 5 nitrogen and oxygen atoms in total. The molecule has 1 aromatic heterocycles. The molecule has 1 aliphatic rings. The second-order valence-electron chi connectivity index (χ2n) is 6.30. The van der Waals surface area contributed by atoms with E-state index in [0.29, 0.717) is 12.5 Å². The van der Waals surface area contributed by atoms with Gasteiger partial charge in [0.25, 0.3) is 5.91 Å². The van der Waals surface area contributed by atoms with Crippen molar-refractivity contribution in [2.24, 2.45) is 0 Å². The van der Waals surface area contributed by atoms with Crippen LogP contribution in [0.2, 0.25) is 0 Å². The predicted octanol–water partition coefficient (Wildman–Crippen LogP) is 3.20. The van der Waals surface area contributed by atoms with Gasteiger partial charge in [-0.05, 0) is 43.7 Å². The van der Waals surface area contributed by atoms with Crippen LogP contribution in [-0.2, 0) is 9.53 Å². The Balaban J connectivity index is 1.66. The second-order valence-corrected chi connectivity index (χ2v) is 6.30. The molecule has 0 radical (unpaired) electrons. The van der Waals surface area contributed by atoms with Gasteiger partial charge in [-0.1, -0.05) is 30.3 Å². The Kier molecular flexibility index (Phi) is 5.30. The van der Waals surface area contributed by atoms with Crippen LogP contribution in [0.5, 0.6) is 0 Å². The molecule has 1 aliphatic heterocycles. The molecule has 2 aromatic rings. The molecule has 1 N–H and O–H groups in total. The lowest BCUT2D eigenvalue weighted by molar-refractivity contribution is -0.145. The fourth-order valence-corrected chi connectivity index (χ4v) is 3.45. The Bertz CT molecular complexity index is 660. The number of ether oxygens (including phenoxy) is 1. The van der Waals surface area contributed by atoms with Crippen molar-refractivity contribution in [2.75, 3.05) is 19.7 Å². The van der Waals surface area contributed by atoms with Gasteiger partial charge >= 0.3 is 0 Å². The third-order valence-electron chi connectivity index (χ3n) is 4.78. The molecular weight excluding hydrogens is 302 g/mol. The maximum Gasteiger partial charge on any atom is 0.256 e. The van der Waals surface area contributed by atoms with Crippen LogP contribution in [0.15, 0.2) is 36.5 Å². The van der Waals surface area contributed by atoms with E-state index in [0.717, 1.165) is 37.2 Å². The number of likely N-dealkylation sites (tertiary alicyclic amines) is 1. The van der Waals surface area contributed by atoms with Gasteiger partial charge in [-0.25, -0.2) is 0 Å². The summed E-state index contributed by atoms with van der Waals surface area (Å²) in [5, 5.41) is 7.12. The quantitative estimate of drug-likeness (QED) is 0.917. The highest BCUT2D eigenvalue weighted by atomic mass is 16.5. The molecule has 0 aliphatic carbocycles. The summed E-state index contributed by atoms with van der Waals surface area (Å²) in [6.07, 6.45) is 3.37. The zero-order valence-corrected chi connectivity index (χ0v) is 14.4. The first-order valence-corrected chi connectivity index (χ1v) is 8.66. The van der Waals surface area contributed by atoms with E-state index in [4.69, 9.17) is 4.74 Å². The van der Waals surface area contributed by atoms with E-state index in [1.807, 2.05) is 48.4 Å². The average molecular weight is 327 g/mol. The highest BCUT2D eigenvalue weighted by Crippen LogP contribution is 2.31. The van der Waals surface area contributed by atoms with Crippen molar-refractivity contribution in [3.8, 4) is 0 Å². The second kappa shape index (κ2) is 7.62. The van der Waals surface area contributed by atoms with Gasteiger partial charge in [-0.3, -0.25) is 9.89 Å². The van der Waals surface area contributed by atoms with E-state index >= 15 is 0 Å². The van der Waals surface area contributed by atoms with Gasteiger partial charge in [0.05, 0.1) is 6.20 Å². The summed E-state index contributed by atoms with van der Waals surface area (Å²) in [6.45, 7) is 6.04. The number of hydrogen-bond acceptors (Lipinski definition) is 3. The van der Waals surface area contributed by atoms with E-state index in [9.17, 15) is 4.79 Å². The Morgan fingerprint density at radius 3 is 2.62 bits per heavy atom. The molecular formula is C19H25N3O2. The van der Waals surface area contributed by atoms with Gasteiger partial charge in [0.2, 0.25) is 0 Å². The van der Waals surface area contributed by atoms with E-state index in [1.54, 1.807) is 0 Å². The largest absolute Gasteiger partial charge is 0.364 e. The number of H-pyrrole nitrogens is 1. The monoisotopic (exact) mass is 327 g/mol. The number of rotatable bonds is 5. The lowest BCUT2D eigenvalue weighted by Gasteiger charge is -2.34. The van der Waals surface area contributed by atoms with Crippen molar-refractivity contribution < 1.29 is 9.53 Å². The average Bonchev–Trinajstić information content (AvgIpc) is 3.06. The number of aromatic nitrogens is 2. The maximum absolute atomic E-state index is 12.9. The number of nitrogens with zero attached hydrogens (tertiary/aromatic N) is 2. The molecule has 0 bridgehead atoms. The summed E-state index contributed by atoms with van der Waals surface area (Å²) in [7, 11) is 0. The number of carbonyl (C=O) groups excluding carboxylic acids is 1. The standard InChI is InChI=1S/C19H25N3O2/c1-3-24-18(16-7-5-4-6-8-16)19(23)22-11-9-15(10-12-22)17-13-20-21-14(17)2/h4-8,13,15,18H,3,9-12H2,1-2H3,(H,20,21). The molecule has 2 heterocycles. The summed E-state index contributed by atoms with van der Waals surface area (Å²) < 4.78 is 5.76. The molecule has 5 heteroatoms. The highest BCUT2D eigenvalue weighted by Gasteiger charge is 2.30. The Hall–Kier alpha value is -2.14. The van der Waals surface area contributed by atoms with E-state index in [2.05, 4.69) is 17.1 Å². The van der Waals surface area contributed by atoms with Crippen molar-refractivity contribution in [1.82, 2.24) is 15.1 Å². The van der Waals surface area contributed by atoms with Crippen LogP contribution >= 0.6 is 0 Å². The summed E-state index contributed by atoms with van der Waals surface area (Å²) in [5.74, 6) is 0.556. The van der Waals surface area contributed by atoms with Crippen LogP contribution in [-0.4, -0.2) is 40.7 Å². The fraction of sp³-hybridized carbons (Fsp3) is 0.474. The van der Waals surface area contributed by atoms with Crippen LogP contribution in [0.1, 0.15) is 48.6 Å². The normalized spacial score (nSPS) is 17.0. The summed E-state index contributed by atoms with van der Waals surface area (Å²) >= 11 is 0. The van der Waals surface area contributed by atoms with Gasteiger partial charge in [0.1, 0.15) is 0 Å². The highest BCUT2D eigenvalue weighted by molar-refractivity contribution is 5.82. The first-order chi connectivity index (χ1) is 11.7. The van der Waals surface area contributed by atoms with Crippen molar-refractivity contribution in [1.29, 1.82) is 0 Å². The Morgan fingerprint density at radius 2 is 2.04 bits per heavy atom. The molecule has 1 amide bonds. The van der Waals surface area contributed by atoms with Crippen molar-refractivity contribution in [3.63, 3.8) is 0 Å². The number of piperidine rings is 1. The summed E-state index contributed by atoms with van der Waals surface area (Å²) in [5.41, 5.74) is 3.35. The molecule has 1 fully saturated rings. The zero-order valence-electron chi connectivity index (χ0n) is 14.4. The van der Waals surface area contributed by atoms with Crippen molar-refractivity contribution >= 4 is 5.91 Å². The number of aryl methyl sites for hydroxylation is 1.